The van der Waals surface area contributed by atoms with Gasteiger partial charge in [-0.25, -0.2) is 0 Å². The summed E-state index contributed by atoms with van der Waals surface area (Å²) in [5.74, 6) is -0.505. The molecule has 0 aliphatic heterocycles. The highest BCUT2D eigenvalue weighted by Crippen LogP contribution is 2.50. The highest BCUT2D eigenvalue weighted by atomic mass is 16.4. The first-order valence-electron chi connectivity index (χ1n) is 18.4. The molecule has 278 valence electrons. The van der Waals surface area contributed by atoms with E-state index in [0.717, 1.165) is 64.2 Å². The third-order valence-electron chi connectivity index (χ3n) is 12.0. The minimum absolute atomic E-state index is 0.135. The SMILES string of the molecule is CC(C)(C)C1CC[C@@](CN)(CC(=O)O)C1.NC[C@@]1(CC(=O)O)CCC(Cc2ccccc2)C1.NC[C@@]1(CC(=O)O)CCC(c2ccccc2)C1. The molecule has 9 nitrogen and oxygen atoms in total. The van der Waals surface area contributed by atoms with Crippen molar-refractivity contribution < 1.29 is 29.7 Å². The predicted octanol–water partition coefficient (Wildman–Crippen LogP) is 7.08. The van der Waals surface area contributed by atoms with Crippen LogP contribution in [0.2, 0.25) is 0 Å². The topological polar surface area (TPSA) is 190 Å². The molecular formula is C41H63N3O6. The van der Waals surface area contributed by atoms with Crippen LogP contribution in [0.15, 0.2) is 60.7 Å². The van der Waals surface area contributed by atoms with E-state index in [4.69, 9.17) is 32.5 Å². The monoisotopic (exact) mass is 693 g/mol. The molecular weight excluding hydrogens is 630 g/mol. The van der Waals surface area contributed by atoms with Crippen molar-refractivity contribution in [3.8, 4) is 0 Å². The van der Waals surface area contributed by atoms with Crippen molar-refractivity contribution in [2.45, 2.75) is 110 Å². The van der Waals surface area contributed by atoms with E-state index in [0.29, 0.717) is 37.4 Å². The van der Waals surface area contributed by atoms with Gasteiger partial charge in [-0.1, -0.05) is 81.4 Å². The van der Waals surface area contributed by atoms with Crippen molar-refractivity contribution >= 4 is 17.9 Å². The lowest BCUT2D eigenvalue weighted by Gasteiger charge is -2.30. The molecule has 9 N–H and O–H groups in total. The Bertz CT molecular complexity index is 1370. The van der Waals surface area contributed by atoms with Crippen molar-refractivity contribution in [2.75, 3.05) is 19.6 Å². The van der Waals surface area contributed by atoms with Gasteiger partial charge in [0.15, 0.2) is 0 Å². The smallest absolute Gasteiger partial charge is 0.303 e. The molecule has 3 saturated carbocycles. The van der Waals surface area contributed by atoms with E-state index in [1.165, 1.54) is 11.1 Å². The average Bonchev–Trinajstić information content (AvgIpc) is 3.80. The molecule has 0 saturated heterocycles. The van der Waals surface area contributed by atoms with Crippen molar-refractivity contribution in [3.63, 3.8) is 0 Å². The van der Waals surface area contributed by atoms with Gasteiger partial charge in [0.05, 0.1) is 19.3 Å². The van der Waals surface area contributed by atoms with Gasteiger partial charge in [0.1, 0.15) is 0 Å². The number of hydrogen-bond donors (Lipinski definition) is 6. The lowest BCUT2D eigenvalue weighted by Crippen LogP contribution is -2.31. The summed E-state index contributed by atoms with van der Waals surface area (Å²) in [5.41, 5.74) is 19.8. The highest BCUT2D eigenvalue weighted by molar-refractivity contribution is 5.68. The Morgan fingerprint density at radius 3 is 1.54 bits per heavy atom. The number of nitrogens with two attached hydrogens (primary N) is 3. The van der Waals surface area contributed by atoms with Crippen LogP contribution >= 0.6 is 0 Å². The molecule has 6 atom stereocenters. The van der Waals surface area contributed by atoms with Crippen LogP contribution in [0.25, 0.3) is 0 Å². The van der Waals surface area contributed by atoms with Crippen LogP contribution in [0, 0.1) is 33.5 Å². The molecule has 2 aromatic carbocycles. The fraction of sp³-hybridized carbons (Fsp3) is 0.634. The molecule has 3 aliphatic rings. The summed E-state index contributed by atoms with van der Waals surface area (Å²) in [5, 5.41) is 26.9. The second-order valence-electron chi connectivity index (χ2n) is 16.8. The standard InChI is InChI=1S/C15H21NO2.C14H19NO2.C12H23NO2/c16-11-15(10-14(17)18)7-6-13(9-15)8-12-4-2-1-3-5-12;15-10-14(9-13(16)17)7-6-12(8-14)11-4-2-1-3-5-11;1-11(2,3)9-4-5-12(6-9,8-13)7-10(14)15/h1-5,13H,6-11,16H2,(H,17,18);1-5,12H,6-10,15H2,(H,16,17);9H,4-8,13H2,1-3H3,(H,14,15)/t13?,15-;12?,14-;9?,12-/m000/s1. The Kier molecular flexibility index (Phi) is 15.1. The fourth-order valence-corrected chi connectivity index (χ4v) is 8.83. The maximum atomic E-state index is 10.9. The molecule has 0 amide bonds. The van der Waals surface area contributed by atoms with Gasteiger partial charge in [0.25, 0.3) is 0 Å². The van der Waals surface area contributed by atoms with E-state index in [2.05, 4.69) is 57.2 Å². The Labute approximate surface area is 299 Å². The van der Waals surface area contributed by atoms with Gasteiger partial charge < -0.3 is 32.5 Å². The summed E-state index contributed by atoms with van der Waals surface area (Å²) in [4.78, 5) is 32.7. The third-order valence-corrected chi connectivity index (χ3v) is 12.0. The Balaban J connectivity index is 0.000000204. The molecule has 2 aromatic rings. The van der Waals surface area contributed by atoms with Crippen LogP contribution in [0.1, 0.15) is 115 Å². The summed E-state index contributed by atoms with van der Waals surface area (Å²) in [7, 11) is 0. The minimum atomic E-state index is -0.732. The Hall–Kier alpha value is -3.27. The zero-order valence-corrected chi connectivity index (χ0v) is 30.6. The second-order valence-corrected chi connectivity index (χ2v) is 16.8. The maximum Gasteiger partial charge on any atom is 0.303 e. The molecule has 0 aromatic heterocycles. The summed E-state index contributed by atoms with van der Waals surface area (Å²) in [6.45, 7) is 8.15. The summed E-state index contributed by atoms with van der Waals surface area (Å²) >= 11 is 0. The van der Waals surface area contributed by atoms with Gasteiger partial charge in [0.2, 0.25) is 0 Å². The number of aliphatic carboxylic acids is 3. The molecule has 50 heavy (non-hydrogen) atoms. The fourth-order valence-electron chi connectivity index (χ4n) is 8.83. The normalized spacial score (nSPS) is 29.0. The van der Waals surface area contributed by atoms with Crippen LogP contribution in [-0.2, 0) is 20.8 Å². The molecule has 0 spiro atoms. The molecule has 9 heteroatoms. The Morgan fingerprint density at radius 1 is 0.640 bits per heavy atom. The highest BCUT2D eigenvalue weighted by Gasteiger charge is 2.44. The molecule has 0 heterocycles. The van der Waals surface area contributed by atoms with Gasteiger partial charge >= 0.3 is 17.9 Å². The zero-order valence-electron chi connectivity index (χ0n) is 30.6. The van der Waals surface area contributed by atoms with Crippen LogP contribution in [0.4, 0.5) is 0 Å². The van der Waals surface area contributed by atoms with Crippen molar-refractivity contribution in [1.29, 1.82) is 0 Å². The number of benzene rings is 2. The van der Waals surface area contributed by atoms with Gasteiger partial charge in [-0.15, -0.1) is 0 Å². The summed E-state index contributed by atoms with van der Waals surface area (Å²) in [6, 6.07) is 20.7. The first-order valence-corrected chi connectivity index (χ1v) is 18.4. The quantitative estimate of drug-likeness (QED) is 0.135. The first kappa shape index (κ1) is 41.2. The van der Waals surface area contributed by atoms with Crippen molar-refractivity contribution in [1.82, 2.24) is 0 Å². The van der Waals surface area contributed by atoms with E-state index in [-0.39, 0.29) is 40.9 Å². The first-order chi connectivity index (χ1) is 23.6. The van der Waals surface area contributed by atoms with Crippen LogP contribution in [0.3, 0.4) is 0 Å². The van der Waals surface area contributed by atoms with Gasteiger partial charge in [-0.3, -0.25) is 14.4 Å². The summed E-state index contributed by atoms with van der Waals surface area (Å²) in [6.07, 6.45) is 10.6. The second kappa shape index (κ2) is 18.3. The predicted molar refractivity (Wildman–Crippen MR) is 199 cm³/mol. The molecule has 0 bridgehead atoms. The largest absolute Gasteiger partial charge is 0.481 e. The third kappa shape index (κ3) is 12.2. The summed E-state index contributed by atoms with van der Waals surface area (Å²) < 4.78 is 0. The van der Waals surface area contributed by atoms with E-state index in [9.17, 15) is 14.4 Å². The number of carbonyl (C=O) groups is 3. The number of rotatable bonds is 12. The van der Waals surface area contributed by atoms with Gasteiger partial charge in [0, 0.05) is 0 Å². The van der Waals surface area contributed by atoms with E-state index in [1.807, 2.05) is 24.3 Å². The van der Waals surface area contributed by atoms with Crippen LogP contribution < -0.4 is 17.2 Å². The number of hydrogen-bond acceptors (Lipinski definition) is 6. The van der Waals surface area contributed by atoms with E-state index < -0.39 is 17.9 Å². The molecule has 5 rings (SSSR count). The van der Waals surface area contributed by atoms with Gasteiger partial charge in [-0.05, 0) is 134 Å². The average molecular weight is 694 g/mol. The Morgan fingerprint density at radius 2 is 1.08 bits per heavy atom. The van der Waals surface area contributed by atoms with Crippen LogP contribution in [-0.4, -0.2) is 52.9 Å². The van der Waals surface area contributed by atoms with E-state index >= 15 is 0 Å². The van der Waals surface area contributed by atoms with Crippen molar-refractivity contribution in [3.05, 3.63) is 71.8 Å². The minimum Gasteiger partial charge on any atom is -0.481 e. The molecule has 3 fully saturated rings. The zero-order chi connectivity index (χ0) is 37.0. The maximum absolute atomic E-state index is 10.9. The lowest BCUT2D eigenvalue weighted by atomic mass is 9.75. The lowest BCUT2D eigenvalue weighted by molar-refractivity contribution is -0.140. The molecule has 3 aliphatic carbocycles. The van der Waals surface area contributed by atoms with Gasteiger partial charge in [-0.2, -0.15) is 0 Å². The number of carboxylic acid groups (broad SMARTS) is 3. The number of carboxylic acids is 3. The van der Waals surface area contributed by atoms with Crippen LogP contribution in [0.5, 0.6) is 0 Å². The molecule has 0 radical (unpaired) electrons. The van der Waals surface area contributed by atoms with Crippen molar-refractivity contribution in [2.24, 2.45) is 50.7 Å². The molecule has 3 unspecified atom stereocenters. The van der Waals surface area contributed by atoms with E-state index in [1.54, 1.807) is 0 Å².